The van der Waals surface area contributed by atoms with Crippen LogP contribution in [0.4, 0.5) is 0 Å². The van der Waals surface area contributed by atoms with E-state index >= 15 is 0 Å². The van der Waals surface area contributed by atoms with Crippen LogP contribution in [0.3, 0.4) is 0 Å². The fourth-order valence-corrected chi connectivity index (χ4v) is 3.29. The first-order valence-corrected chi connectivity index (χ1v) is 7.96. The summed E-state index contributed by atoms with van der Waals surface area (Å²) in [7, 11) is -1.35. The van der Waals surface area contributed by atoms with Gasteiger partial charge < -0.3 is 0 Å². The van der Waals surface area contributed by atoms with E-state index in [-0.39, 0.29) is 5.91 Å². The first kappa shape index (κ1) is 14.0. The molecule has 3 nitrogen and oxygen atoms in total. The largest absolute Gasteiger partial charge is 0.271 e. The number of carbonyl (C=O) groups excluding carboxylic acids is 1. The maximum Gasteiger partial charge on any atom is 0.258 e. The molecule has 2 rings (SSSR count). The van der Waals surface area contributed by atoms with E-state index < -0.39 is 11.0 Å². The zero-order valence-corrected chi connectivity index (χ0v) is 12.0. The number of rotatable bonds is 5. The highest BCUT2D eigenvalue weighted by atomic mass is 32.2. The monoisotopic (exact) mass is 277 g/mol. The van der Waals surface area contributed by atoms with Gasteiger partial charge in [-0.25, -0.2) is 4.21 Å². The van der Waals surface area contributed by atoms with Crippen molar-refractivity contribution in [3.05, 3.63) is 47.0 Å². The molecular weight excluding hydrogens is 258 g/mol. The Kier molecular flexibility index (Phi) is 4.91. The Morgan fingerprint density at radius 2 is 2.00 bits per heavy atom. The maximum absolute atomic E-state index is 12.1. The summed E-state index contributed by atoms with van der Waals surface area (Å²) in [5, 5.41) is 0. The molecule has 1 aliphatic rings. The lowest BCUT2D eigenvalue weighted by Gasteiger charge is -2.07. The van der Waals surface area contributed by atoms with Crippen LogP contribution in [0.5, 0.6) is 0 Å². The van der Waals surface area contributed by atoms with Crippen LogP contribution in [0.1, 0.15) is 38.2 Å². The van der Waals surface area contributed by atoms with E-state index in [1.54, 1.807) is 0 Å². The molecule has 1 aromatic carbocycles. The van der Waals surface area contributed by atoms with Gasteiger partial charge in [0.25, 0.3) is 5.91 Å². The quantitative estimate of drug-likeness (QED) is 0.899. The molecule has 19 heavy (non-hydrogen) atoms. The van der Waals surface area contributed by atoms with Crippen LogP contribution in [0.25, 0.3) is 0 Å². The summed E-state index contributed by atoms with van der Waals surface area (Å²) in [6, 6.07) is 9.56. The molecule has 1 aromatic rings. The van der Waals surface area contributed by atoms with E-state index in [0.29, 0.717) is 5.75 Å². The van der Waals surface area contributed by atoms with Crippen molar-refractivity contribution in [2.24, 2.45) is 0 Å². The van der Waals surface area contributed by atoms with Gasteiger partial charge in [0.05, 0.1) is 5.75 Å². The van der Waals surface area contributed by atoms with E-state index in [1.165, 1.54) is 5.57 Å². The van der Waals surface area contributed by atoms with Gasteiger partial charge in [0, 0.05) is 5.57 Å². The van der Waals surface area contributed by atoms with Crippen molar-refractivity contribution in [2.45, 2.75) is 38.4 Å². The van der Waals surface area contributed by atoms with Gasteiger partial charge in [-0.3, -0.25) is 9.52 Å². The molecule has 0 aliphatic heterocycles. The molecule has 0 spiro atoms. The summed E-state index contributed by atoms with van der Waals surface area (Å²) in [4.78, 5) is 12.1. The van der Waals surface area contributed by atoms with Crippen molar-refractivity contribution >= 4 is 16.9 Å². The van der Waals surface area contributed by atoms with Crippen molar-refractivity contribution in [3.63, 3.8) is 0 Å². The topological polar surface area (TPSA) is 46.2 Å². The Morgan fingerprint density at radius 3 is 2.68 bits per heavy atom. The Morgan fingerprint density at radius 1 is 1.26 bits per heavy atom. The highest BCUT2D eigenvalue weighted by Crippen LogP contribution is 2.28. The molecule has 102 valence electrons. The van der Waals surface area contributed by atoms with E-state index in [2.05, 4.69) is 11.6 Å². The van der Waals surface area contributed by atoms with Crippen LogP contribution in [0.2, 0.25) is 0 Å². The van der Waals surface area contributed by atoms with Gasteiger partial charge in [-0.05, 0) is 31.2 Å². The number of nitrogens with one attached hydrogen (secondary N) is 1. The van der Waals surface area contributed by atoms with E-state index in [1.807, 2.05) is 30.3 Å². The molecule has 0 bridgehead atoms. The normalized spacial score (nSPS) is 16.5. The number of allylic oxidation sites excluding steroid dienone is 1. The maximum atomic E-state index is 12.1. The van der Waals surface area contributed by atoms with Crippen molar-refractivity contribution in [1.29, 1.82) is 0 Å². The third-order valence-corrected chi connectivity index (χ3v) is 4.39. The second-order valence-electron chi connectivity index (χ2n) is 4.70. The molecule has 1 atom stereocenters. The van der Waals surface area contributed by atoms with Crippen molar-refractivity contribution in [2.75, 3.05) is 0 Å². The number of carbonyl (C=O) groups is 1. The molecule has 0 radical (unpaired) electrons. The van der Waals surface area contributed by atoms with Crippen molar-refractivity contribution in [1.82, 2.24) is 4.72 Å². The molecule has 1 N–H and O–H groups in total. The molecule has 0 heterocycles. The summed E-state index contributed by atoms with van der Waals surface area (Å²) >= 11 is 0. The number of amides is 1. The second kappa shape index (κ2) is 6.66. The lowest BCUT2D eigenvalue weighted by molar-refractivity contribution is -0.115. The summed E-state index contributed by atoms with van der Waals surface area (Å²) in [6.45, 7) is 2.06. The first-order valence-electron chi connectivity index (χ1n) is 6.65. The van der Waals surface area contributed by atoms with Crippen LogP contribution in [0.15, 0.2) is 41.5 Å². The zero-order valence-electron chi connectivity index (χ0n) is 11.1. The molecule has 0 fully saturated rings. The first-order chi connectivity index (χ1) is 9.20. The molecule has 4 heteroatoms. The molecular formula is C15H19NO2S. The average Bonchev–Trinajstić information content (AvgIpc) is 2.88. The van der Waals surface area contributed by atoms with Gasteiger partial charge in [-0.2, -0.15) is 0 Å². The molecule has 0 saturated carbocycles. The SMILES string of the molecule is CCC1=C(C(=O)NS(=O)Cc2ccccc2)CCC1. The Bertz CT molecular complexity index is 508. The van der Waals surface area contributed by atoms with E-state index in [0.717, 1.165) is 36.8 Å². The summed E-state index contributed by atoms with van der Waals surface area (Å²) in [5.41, 5.74) is 3.04. The minimum Gasteiger partial charge on any atom is -0.271 e. The number of hydrogen-bond donors (Lipinski definition) is 1. The second-order valence-corrected chi connectivity index (χ2v) is 5.88. The van der Waals surface area contributed by atoms with Crippen LogP contribution in [-0.4, -0.2) is 10.1 Å². The number of hydrogen-bond acceptors (Lipinski definition) is 2. The Hall–Kier alpha value is -1.42. The minimum absolute atomic E-state index is 0.149. The lowest BCUT2D eigenvalue weighted by Crippen LogP contribution is -2.28. The predicted octanol–water partition coefficient (Wildman–Crippen LogP) is 2.86. The van der Waals surface area contributed by atoms with Gasteiger partial charge in [0.15, 0.2) is 0 Å². The Balaban J connectivity index is 1.94. The van der Waals surface area contributed by atoms with Crippen LogP contribution < -0.4 is 4.72 Å². The molecule has 1 aliphatic carbocycles. The summed E-state index contributed by atoms with van der Waals surface area (Å²) in [5.74, 6) is 0.213. The van der Waals surface area contributed by atoms with Gasteiger partial charge in [-0.1, -0.05) is 42.8 Å². The van der Waals surface area contributed by atoms with Crippen LogP contribution in [0, 0.1) is 0 Å². The summed E-state index contributed by atoms with van der Waals surface area (Å²) in [6.07, 6.45) is 3.77. The fourth-order valence-electron chi connectivity index (χ4n) is 2.40. The van der Waals surface area contributed by atoms with Crippen molar-refractivity contribution in [3.8, 4) is 0 Å². The molecule has 0 aromatic heterocycles. The van der Waals surface area contributed by atoms with E-state index in [4.69, 9.17) is 0 Å². The van der Waals surface area contributed by atoms with Gasteiger partial charge in [-0.15, -0.1) is 0 Å². The van der Waals surface area contributed by atoms with Crippen LogP contribution >= 0.6 is 0 Å². The molecule has 0 saturated heterocycles. The molecule has 1 amide bonds. The summed E-state index contributed by atoms with van der Waals surface area (Å²) < 4.78 is 14.5. The predicted molar refractivity (Wildman–Crippen MR) is 77.6 cm³/mol. The fraction of sp³-hybridized carbons (Fsp3) is 0.400. The average molecular weight is 277 g/mol. The highest BCUT2D eigenvalue weighted by Gasteiger charge is 2.20. The zero-order chi connectivity index (χ0) is 13.7. The van der Waals surface area contributed by atoms with Gasteiger partial charge in [0.1, 0.15) is 11.0 Å². The molecule has 1 unspecified atom stereocenters. The Labute approximate surface area is 116 Å². The van der Waals surface area contributed by atoms with Gasteiger partial charge in [0.2, 0.25) is 0 Å². The third-order valence-electron chi connectivity index (χ3n) is 3.38. The smallest absolute Gasteiger partial charge is 0.258 e. The highest BCUT2D eigenvalue weighted by molar-refractivity contribution is 7.82. The van der Waals surface area contributed by atoms with E-state index in [9.17, 15) is 9.00 Å². The standard InChI is InChI=1S/C15H19NO2S/c1-2-13-9-6-10-14(13)15(17)16-19(18)11-12-7-4-3-5-8-12/h3-5,7-8H,2,6,9-11H2,1H3,(H,16,17). The van der Waals surface area contributed by atoms with Gasteiger partial charge >= 0.3 is 0 Å². The van der Waals surface area contributed by atoms with Crippen LogP contribution in [-0.2, 0) is 21.5 Å². The van der Waals surface area contributed by atoms with Crippen molar-refractivity contribution < 1.29 is 9.00 Å². The number of benzene rings is 1. The lowest BCUT2D eigenvalue weighted by atomic mass is 10.1. The minimum atomic E-state index is -1.35. The third kappa shape index (κ3) is 3.77.